The largest absolute Gasteiger partial charge is 0.373 e. The molecular formula is C11H16BrN3O2. The molecule has 2 heterocycles. The maximum Gasteiger partial charge on any atom is 0.270 e. The van der Waals surface area contributed by atoms with Gasteiger partial charge in [-0.25, -0.2) is 0 Å². The number of amides is 1. The Labute approximate surface area is 108 Å². The molecule has 1 saturated heterocycles. The third-order valence-electron chi connectivity index (χ3n) is 2.85. The van der Waals surface area contributed by atoms with Gasteiger partial charge in [0.15, 0.2) is 0 Å². The van der Waals surface area contributed by atoms with E-state index in [1.54, 1.807) is 17.2 Å². The van der Waals surface area contributed by atoms with Gasteiger partial charge in [-0.15, -0.1) is 0 Å². The molecule has 2 rings (SSSR count). The molecule has 0 bridgehead atoms. The van der Waals surface area contributed by atoms with Crippen LogP contribution < -0.4 is 5.73 Å². The Morgan fingerprint density at radius 3 is 3.12 bits per heavy atom. The quantitative estimate of drug-likeness (QED) is 0.855. The molecule has 0 saturated carbocycles. The number of aromatic nitrogens is 1. The number of nitrogens with two attached hydrogens (primary N) is 1. The third-order valence-corrected chi connectivity index (χ3v) is 3.30. The number of rotatable bonds is 2. The number of ether oxygens (including phenoxy) is 1. The first-order chi connectivity index (χ1) is 8.08. The Kier molecular flexibility index (Phi) is 3.86. The Morgan fingerprint density at radius 2 is 2.53 bits per heavy atom. The van der Waals surface area contributed by atoms with E-state index in [2.05, 4.69) is 20.9 Å². The van der Waals surface area contributed by atoms with Crippen molar-refractivity contribution in [2.24, 2.45) is 5.73 Å². The van der Waals surface area contributed by atoms with Gasteiger partial charge in [-0.05, 0) is 28.9 Å². The van der Waals surface area contributed by atoms with Crippen molar-refractivity contribution in [1.82, 2.24) is 9.88 Å². The molecular weight excluding hydrogens is 286 g/mol. The van der Waals surface area contributed by atoms with Crippen LogP contribution in [0, 0.1) is 0 Å². The fourth-order valence-corrected chi connectivity index (χ4v) is 2.18. The number of nitrogens with one attached hydrogen (secondary N) is 1. The SMILES string of the molecule is CC(N)C1CN(C(=O)c2cc(Br)c[nH]2)CCO1. The number of aromatic amines is 1. The molecule has 0 spiro atoms. The third kappa shape index (κ3) is 2.88. The predicted molar refractivity (Wildman–Crippen MR) is 67.8 cm³/mol. The van der Waals surface area contributed by atoms with E-state index < -0.39 is 0 Å². The first-order valence-electron chi connectivity index (χ1n) is 5.58. The van der Waals surface area contributed by atoms with Crippen LogP contribution in [0.3, 0.4) is 0 Å². The normalized spacial score (nSPS) is 22.5. The lowest BCUT2D eigenvalue weighted by molar-refractivity contribution is -0.0301. The lowest BCUT2D eigenvalue weighted by Gasteiger charge is -2.34. The van der Waals surface area contributed by atoms with Crippen molar-refractivity contribution in [2.45, 2.75) is 19.1 Å². The second-order valence-electron chi connectivity index (χ2n) is 4.25. The molecule has 2 atom stereocenters. The zero-order chi connectivity index (χ0) is 12.4. The average molecular weight is 302 g/mol. The van der Waals surface area contributed by atoms with Crippen molar-refractivity contribution in [3.63, 3.8) is 0 Å². The van der Waals surface area contributed by atoms with Crippen molar-refractivity contribution in [2.75, 3.05) is 19.7 Å². The number of hydrogen-bond donors (Lipinski definition) is 2. The maximum absolute atomic E-state index is 12.2. The van der Waals surface area contributed by atoms with Gasteiger partial charge in [-0.2, -0.15) is 0 Å². The van der Waals surface area contributed by atoms with Crippen LogP contribution in [-0.2, 0) is 4.74 Å². The van der Waals surface area contributed by atoms with E-state index in [9.17, 15) is 4.79 Å². The summed E-state index contributed by atoms with van der Waals surface area (Å²) in [4.78, 5) is 16.9. The monoisotopic (exact) mass is 301 g/mol. The first-order valence-corrected chi connectivity index (χ1v) is 6.37. The van der Waals surface area contributed by atoms with E-state index in [4.69, 9.17) is 10.5 Å². The number of H-pyrrole nitrogens is 1. The van der Waals surface area contributed by atoms with E-state index in [1.165, 1.54) is 0 Å². The molecule has 94 valence electrons. The highest BCUT2D eigenvalue weighted by Gasteiger charge is 2.27. The lowest BCUT2D eigenvalue weighted by atomic mass is 10.1. The van der Waals surface area contributed by atoms with E-state index in [1.807, 2.05) is 6.92 Å². The van der Waals surface area contributed by atoms with Crippen LogP contribution in [0.1, 0.15) is 17.4 Å². The van der Waals surface area contributed by atoms with E-state index in [0.717, 1.165) is 4.47 Å². The summed E-state index contributed by atoms with van der Waals surface area (Å²) in [5.74, 6) is -0.00958. The molecule has 3 N–H and O–H groups in total. The Bertz CT molecular complexity index is 405. The minimum atomic E-state index is -0.0777. The molecule has 2 unspecified atom stereocenters. The van der Waals surface area contributed by atoms with Gasteiger partial charge in [0.2, 0.25) is 0 Å². The standard InChI is InChI=1S/C11H16BrN3O2/c1-7(13)10-6-15(2-3-17-10)11(16)9-4-8(12)5-14-9/h4-5,7,10,14H,2-3,6,13H2,1H3. The highest BCUT2D eigenvalue weighted by molar-refractivity contribution is 9.10. The zero-order valence-corrected chi connectivity index (χ0v) is 11.2. The molecule has 0 aromatic carbocycles. The van der Waals surface area contributed by atoms with E-state index in [0.29, 0.717) is 25.4 Å². The van der Waals surface area contributed by atoms with Crippen LogP contribution in [0.25, 0.3) is 0 Å². The van der Waals surface area contributed by atoms with Gasteiger partial charge in [0.1, 0.15) is 5.69 Å². The van der Waals surface area contributed by atoms with Gasteiger partial charge in [-0.3, -0.25) is 4.79 Å². The molecule has 0 aliphatic carbocycles. The predicted octanol–water partition coefficient (Wildman–Crippen LogP) is 0.965. The van der Waals surface area contributed by atoms with Gasteiger partial charge in [0.05, 0.1) is 12.7 Å². The highest BCUT2D eigenvalue weighted by atomic mass is 79.9. The minimum Gasteiger partial charge on any atom is -0.373 e. The van der Waals surface area contributed by atoms with Crippen molar-refractivity contribution < 1.29 is 9.53 Å². The van der Waals surface area contributed by atoms with Gasteiger partial charge in [0.25, 0.3) is 5.91 Å². The molecule has 1 aromatic heterocycles. The molecule has 1 fully saturated rings. The maximum atomic E-state index is 12.2. The van der Waals surface area contributed by atoms with Crippen molar-refractivity contribution in [3.05, 3.63) is 22.4 Å². The molecule has 6 heteroatoms. The van der Waals surface area contributed by atoms with Crippen LogP contribution in [0.15, 0.2) is 16.7 Å². The van der Waals surface area contributed by atoms with Gasteiger partial charge >= 0.3 is 0 Å². The van der Waals surface area contributed by atoms with Crippen LogP contribution in [0.5, 0.6) is 0 Å². The molecule has 1 amide bonds. The highest BCUT2D eigenvalue weighted by Crippen LogP contribution is 2.15. The summed E-state index contributed by atoms with van der Waals surface area (Å²) in [7, 11) is 0. The van der Waals surface area contributed by atoms with Gasteiger partial charge in [0, 0.05) is 29.8 Å². The van der Waals surface area contributed by atoms with Crippen molar-refractivity contribution in [1.29, 1.82) is 0 Å². The Hall–Kier alpha value is -0.850. The number of carbonyl (C=O) groups excluding carboxylic acids is 1. The number of nitrogens with zero attached hydrogens (tertiary/aromatic N) is 1. The van der Waals surface area contributed by atoms with Crippen molar-refractivity contribution in [3.8, 4) is 0 Å². The average Bonchev–Trinajstić information content (AvgIpc) is 2.75. The summed E-state index contributed by atoms with van der Waals surface area (Å²) >= 11 is 3.31. The minimum absolute atomic E-state index is 0.00958. The zero-order valence-electron chi connectivity index (χ0n) is 9.65. The summed E-state index contributed by atoms with van der Waals surface area (Å²) in [6.07, 6.45) is 1.67. The summed E-state index contributed by atoms with van der Waals surface area (Å²) < 4.78 is 6.40. The van der Waals surface area contributed by atoms with E-state index in [-0.39, 0.29) is 18.1 Å². The smallest absolute Gasteiger partial charge is 0.270 e. The summed E-state index contributed by atoms with van der Waals surface area (Å²) in [6, 6.07) is 1.71. The number of hydrogen-bond acceptors (Lipinski definition) is 3. The number of halogens is 1. The Balaban J connectivity index is 2.04. The summed E-state index contributed by atoms with van der Waals surface area (Å²) in [5.41, 5.74) is 6.38. The van der Waals surface area contributed by atoms with Crippen LogP contribution in [-0.4, -0.2) is 47.6 Å². The van der Waals surface area contributed by atoms with Gasteiger partial charge < -0.3 is 20.4 Å². The fourth-order valence-electron chi connectivity index (χ4n) is 1.84. The molecule has 17 heavy (non-hydrogen) atoms. The second-order valence-corrected chi connectivity index (χ2v) is 5.17. The molecule has 1 aliphatic rings. The molecule has 0 radical (unpaired) electrons. The van der Waals surface area contributed by atoms with Crippen LogP contribution >= 0.6 is 15.9 Å². The summed E-state index contributed by atoms with van der Waals surface area (Å²) in [6.45, 7) is 3.59. The fraction of sp³-hybridized carbons (Fsp3) is 0.545. The topological polar surface area (TPSA) is 71.3 Å². The van der Waals surface area contributed by atoms with Gasteiger partial charge in [-0.1, -0.05) is 0 Å². The number of morpholine rings is 1. The molecule has 1 aliphatic heterocycles. The van der Waals surface area contributed by atoms with Crippen molar-refractivity contribution >= 4 is 21.8 Å². The molecule has 1 aromatic rings. The first kappa shape index (κ1) is 12.6. The summed E-state index contributed by atoms with van der Waals surface area (Å²) in [5, 5.41) is 0. The lowest BCUT2D eigenvalue weighted by Crippen LogP contribution is -2.51. The molecule has 5 nitrogen and oxygen atoms in total. The van der Waals surface area contributed by atoms with E-state index >= 15 is 0 Å². The van der Waals surface area contributed by atoms with Crippen LogP contribution in [0.2, 0.25) is 0 Å². The Morgan fingerprint density at radius 1 is 1.76 bits per heavy atom. The number of carbonyl (C=O) groups is 1. The van der Waals surface area contributed by atoms with Crippen LogP contribution in [0.4, 0.5) is 0 Å². The second kappa shape index (κ2) is 5.20.